The van der Waals surface area contributed by atoms with Crippen molar-refractivity contribution in [3.05, 3.63) is 29.3 Å². The topological polar surface area (TPSA) is 61.4 Å². The van der Waals surface area contributed by atoms with E-state index in [4.69, 9.17) is 0 Å². The quantitative estimate of drug-likeness (QED) is 0.736. The number of carbonyl (C=O) groups excluding carboxylic acids is 2. The summed E-state index contributed by atoms with van der Waals surface area (Å²) < 4.78 is 0. The molecular weight excluding hydrogens is 326 g/mol. The maximum absolute atomic E-state index is 12.5. The number of hydrogen-bond donors (Lipinski definition) is 2. The fourth-order valence-corrected chi connectivity index (χ4v) is 3.56. The normalized spacial score (nSPS) is 20.0. The summed E-state index contributed by atoms with van der Waals surface area (Å²) in [6.07, 6.45) is 4.13. The van der Waals surface area contributed by atoms with Gasteiger partial charge in [-0.1, -0.05) is 17.7 Å². The second-order valence-electron chi connectivity index (χ2n) is 7.80. The van der Waals surface area contributed by atoms with Crippen molar-refractivity contribution >= 4 is 17.5 Å². The summed E-state index contributed by atoms with van der Waals surface area (Å²) in [5, 5.41) is 6.10. The van der Waals surface area contributed by atoms with Crippen molar-refractivity contribution in [2.45, 2.75) is 46.0 Å². The molecule has 5 heteroatoms. The van der Waals surface area contributed by atoms with Gasteiger partial charge in [-0.05, 0) is 78.2 Å². The summed E-state index contributed by atoms with van der Waals surface area (Å²) >= 11 is 0. The Bertz CT molecular complexity index is 620. The molecule has 0 bridgehead atoms. The fraction of sp³-hybridized carbons (Fsp3) is 0.619. The van der Waals surface area contributed by atoms with Gasteiger partial charge in [0, 0.05) is 24.1 Å². The van der Waals surface area contributed by atoms with Crippen LogP contribution in [0.3, 0.4) is 0 Å². The minimum absolute atomic E-state index is 0.00786. The van der Waals surface area contributed by atoms with Crippen LogP contribution < -0.4 is 10.6 Å². The van der Waals surface area contributed by atoms with Crippen molar-refractivity contribution in [3.63, 3.8) is 0 Å². The minimum atomic E-state index is 0.00786. The van der Waals surface area contributed by atoms with Crippen LogP contribution in [0.4, 0.5) is 5.69 Å². The van der Waals surface area contributed by atoms with E-state index in [1.54, 1.807) is 0 Å². The first kappa shape index (κ1) is 20.4. The van der Waals surface area contributed by atoms with Crippen molar-refractivity contribution in [1.29, 1.82) is 0 Å². The standard InChI is InChI=1S/C21H33N3O2/c1-15-6-11-19(16(2)14-15)23-21(26)18-9-7-17(8-10-18)20(25)22-12-5-13-24(3)4/h6,11,14,17-18H,5,7-10,12-13H2,1-4H3,(H,22,25)(H,23,26). The van der Waals surface area contributed by atoms with Crippen LogP contribution in [-0.4, -0.2) is 43.9 Å². The van der Waals surface area contributed by atoms with Gasteiger partial charge in [0.2, 0.25) is 11.8 Å². The number of benzene rings is 1. The maximum Gasteiger partial charge on any atom is 0.227 e. The molecule has 1 aliphatic rings. The van der Waals surface area contributed by atoms with E-state index in [0.717, 1.165) is 56.4 Å². The highest BCUT2D eigenvalue weighted by Gasteiger charge is 2.29. The van der Waals surface area contributed by atoms with Crippen LogP contribution in [0.25, 0.3) is 0 Å². The molecule has 2 N–H and O–H groups in total. The van der Waals surface area contributed by atoms with E-state index >= 15 is 0 Å². The first-order valence-corrected chi connectivity index (χ1v) is 9.67. The monoisotopic (exact) mass is 359 g/mol. The molecular formula is C21H33N3O2. The van der Waals surface area contributed by atoms with Gasteiger partial charge in [-0.3, -0.25) is 9.59 Å². The Morgan fingerprint density at radius 3 is 2.23 bits per heavy atom. The molecule has 1 aliphatic carbocycles. The molecule has 5 nitrogen and oxygen atoms in total. The van der Waals surface area contributed by atoms with Gasteiger partial charge in [-0.2, -0.15) is 0 Å². The van der Waals surface area contributed by atoms with Crippen LogP contribution in [0.1, 0.15) is 43.2 Å². The van der Waals surface area contributed by atoms with Crippen molar-refractivity contribution in [1.82, 2.24) is 10.2 Å². The number of nitrogens with one attached hydrogen (secondary N) is 2. The fourth-order valence-electron chi connectivity index (χ4n) is 3.56. The SMILES string of the molecule is Cc1ccc(NC(=O)C2CCC(C(=O)NCCCN(C)C)CC2)c(C)c1. The lowest BCUT2D eigenvalue weighted by Gasteiger charge is -2.27. The van der Waals surface area contributed by atoms with Crippen molar-refractivity contribution in [3.8, 4) is 0 Å². The van der Waals surface area contributed by atoms with Gasteiger partial charge in [-0.25, -0.2) is 0 Å². The molecule has 0 spiro atoms. The Morgan fingerprint density at radius 1 is 1.04 bits per heavy atom. The summed E-state index contributed by atoms with van der Waals surface area (Å²) in [6, 6.07) is 6.06. The van der Waals surface area contributed by atoms with Crippen molar-refractivity contribution < 1.29 is 9.59 Å². The molecule has 1 aromatic rings. The Hall–Kier alpha value is -1.88. The first-order chi connectivity index (χ1) is 12.4. The first-order valence-electron chi connectivity index (χ1n) is 9.67. The highest BCUT2D eigenvalue weighted by Crippen LogP contribution is 2.30. The molecule has 1 aromatic carbocycles. The Labute approximate surface area is 157 Å². The molecule has 1 saturated carbocycles. The summed E-state index contributed by atoms with van der Waals surface area (Å²) in [5.74, 6) is 0.298. The van der Waals surface area contributed by atoms with Crippen molar-refractivity contribution in [2.24, 2.45) is 11.8 Å². The Kier molecular flexibility index (Phi) is 7.64. The Morgan fingerprint density at radius 2 is 1.65 bits per heavy atom. The number of carbonyl (C=O) groups is 2. The van der Waals surface area contributed by atoms with Crippen LogP contribution in [0.2, 0.25) is 0 Å². The molecule has 2 rings (SSSR count). The third-order valence-electron chi connectivity index (χ3n) is 5.19. The smallest absolute Gasteiger partial charge is 0.227 e. The zero-order chi connectivity index (χ0) is 19.1. The molecule has 0 saturated heterocycles. The van der Waals surface area contributed by atoms with Crippen LogP contribution in [-0.2, 0) is 9.59 Å². The molecule has 0 unspecified atom stereocenters. The van der Waals surface area contributed by atoms with Crippen LogP contribution in [0.5, 0.6) is 0 Å². The summed E-state index contributed by atoms with van der Waals surface area (Å²) in [7, 11) is 4.07. The predicted molar refractivity (Wildman–Crippen MR) is 106 cm³/mol. The number of hydrogen-bond acceptors (Lipinski definition) is 3. The predicted octanol–water partition coefficient (Wildman–Crippen LogP) is 3.12. The van der Waals surface area contributed by atoms with E-state index in [-0.39, 0.29) is 23.7 Å². The molecule has 26 heavy (non-hydrogen) atoms. The summed E-state index contributed by atoms with van der Waals surface area (Å²) in [4.78, 5) is 26.9. The summed E-state index contributed by atoms with van der Waals surface area (Å²) in [5.41, 5.74) is 3.17. The molecule has 144 valence electrons. The molecule has 0 aromatic heterocycles. The van der Waals surface area contributed by atoms with Gasteiger partial charge < -0.3 is 15.5 Å². The van der Waals surface area contributed by atoms with E-state index in [2.05, 4.69) is 21.6 Å². The second kappa shape index (κ2) is 9.72. The second-order valence-corrected chi connectivity index (χ2v) is 7.80. The number of anilines is 1. The lowest BCUT2D eigenvalue weighted by molar-refractivity contribution is -0.128. The molecule has 0 atom stereocenters. The van der Waals surface area contributed by atoms with Crippen LogP contribution in [0, 0.1) is 25.7 Å². The van der Waals surface area contributed by atoms with Gasteiger partial charge in [0.05, 0.1) is 0 Å². The molecule has 2 amide bonds. The van der Waals surface area contributed by atoms with E-state index < -0.39 is 0 Å². The highest BCUT2D eigenvalue weighted by molar-refractivity contribution is 5.93. The molecule has 1 fully saturated rings. The molecule has 0 heterocycles. The highest BCUT2D eigenvalue weighted by atomic mass is 16.2. The number of rotatable bonds is 7. The lowest BCUT2D eigenvalue weighted by atomic mass is 9.81. The minimum Gasteiger partial charge on any atom is -0.356 e. The average molecular weight is 360 g/mol. The zero-order valence-corrected chi connectivity index (χ0v) is 16.6. The summed E-state index contributed by atoms with van der Waals surface area (Å²) in [6.45, 7) is 5.77. The molecule has 0 radical (unpaired) electrons. The van der Waals surface area contributed by atoms with E-state index in [1.165, 1.54) is 5.56 Å². The maximum atomic E-state index is 12.5. The van der Waals surface area contributed by atoms with Gasteiger partial charge in [0.1, 0.15) is 0 Å². The number of aryl methyl sites for hydroxylation is 2. The third kappa shape index (κ3) is 6.13. The van der Waals surface area contributed by atoms with E-state index in [1.807, 2.05) is 40.1 Å². The van der Waals surface area contributed by atoms with Gasteiger partial charge in [0.25, 0.3) is 0 Å². The number of nitrogens with zero attached hydrogens (tertiary/aromatic N) is 1. The van der Waals surface area contributed by atoms with Gasteiger partial charge in [-0.15, -0.1) is 0 Å². The van der Waals surface area contributed by atoms with Crippen molar-refractivity contribution in [2.75, 3.05) is 32.5 Å². The molecule has 0 aliphatic heterocycles. The van der Waals surface area contributed by atoms with E-state index in [0.29, 0.717) is 0 Å². The van der Waals surface area contributed by atoms with Crippen LogP contribution >= 0.6 is 0 Å². The van der Waals surface area contributed by atoms with E-state index in [9.17, 15) is 9.59 Å². The van der Waals surface area contributed by atoms with Gasteiger partial charge in [0.15, 0.2) is 0 Å². The lowest BCUT2D eigenvalue weighted by Crippen LogP contribution is -2.36. The Balaban J connectivity index is 1.75. The van der Waals surface area contributed by atoms with Crippen LogP contribution in [0.15, 0.2) is 18.2 Å². The zero-order valence-electron chi connectivity index (χ0n) is 16.6. The third-order valence-corrected chi connectivity index (χ3v) is 5.19. The van der Waals surface area contributed by atoms with Gasteiger partial charge >= 0.3 is 0 Å². The average Bonchev–Trinajstić information content (AvgIpc) is 2.61. The number of amides is 2. The largest absolute Gasteiger partial charge is 0.356 e.